The average Bonchev–Trinajstić information content (AvgIpc) is 3.64. The summed E-state index contributed by atoms with van der Waals surface area (Å²) >= 11 is 0. The van der Waals surface area contributed by atoms with E-state index in [4.69, 9.17) is 8.83 Å². The Morgan fingerprint density at radius 3 is 0.909 bits per heavy atom. The number of hydrogen-bond acceptors (Lipinski definition) is 2. The van der Waals surface area contributed by atoms with E-state index >= 15 is 0 Å². The molecule has 0 amide bonds. The van der Waals surface area contributed by atoms with Crippen LogP contribution in [0, 0.1) is 0 Å². The summed E-state index contributed by atoms with van der Waals surface area (Å²) in [6.45, 7) is 0. The van der Waals surface area contributed by atoms with Crippen molar-refractivity contribution >= 4 is 43.9 Å². The Morgan fingerprint density at radius 2 is 0.523 bits per heavy atom. The highest BCUT2D eigenvalue weighted by atomic mass is 16.3. The second-order valence-corrected chi connectivity index (χ2v) is 11.4. The van der Waals surface area contributed by atoms with E-state index in [1.165, 1.54) is 22.3 Å². The molecule has 0 bridgehead atoms. The van der Waals surface area contributed by atoms with Gasteiger partial charge in [-0.3, -0.25) is 0 Å². The van der Waals surface area contributed by atoms with Crippen molar-refractivity contribution in [3.8, 4) is 44.5 Å². The molecule has 7 aromatic carbocycles. The van der Waals surface area contributed by atoms with Crippen molar-refractivity contribution in [1.82, 2.24) is 0 Å². The number of benzene rings is 7. The van der Waals surface area contributed by atoms with Crippen LogP contribution in [0.4, 0.5) is 0 Å². The molecule has 0 saturated heterocycles. The minimum Gasteiger partial charge on any atom is -0.456 e. The maximum atomic E-state index is 6.43. The van der Waals surface area contributed by atoms with Gasteiger partial charge in [0, 0.05) is 21.5 Å². The van der Waals surface area contributed by atoms with Gasteiger partial charge in [0.2, 0.25) is 0 Å². The zero-order valence-corrected chi connectivity index (χ0v) is 23.8. The molecule has 0 radical (unpaired) electrons. The molecule has 0 spiro atoms. The maximum absolute atomic E-state index is 6.43. The van der Waals surface area contributed by atoms with Crippen LogP contribution >= 0.6 is 0 Å². The molecule has 9 rings (SSSR count). The minimum absolute atomic E-state index is 0.868. The summed E-state index contributed by atoms with van der Waals surface area (Å²) in [4.78, 5) is 0. The van der Waals surface area contributed by atoms with Gasteiger partial charge in [0.1, 0.15) is 22.3 Å². The van der Waals surface area contributed by atoms with Crippen molar-refractivity contribution in [1.29, 1.82) is 0 Å². The van der Waals surface area contributed by atoms with Crippen LogP contribution in [0.25, 0.3) is 88.4 Å². The molecule has 2 nitrogen and oxygen atoms in total. The van der Waals surface area contributed by atoms with Gasteiger partial charge in [-0.05, 0) is 80.9 Å². The SMILES string of the molecule is c1ccc(-c2ccc(-c3ccc4c(c3)oc3cc5c(cc34)oc3cc(-c4ccc(-c6ccccc6)cc4)ccc35)cc2)cc1. The van der Waals surface area contributed by atoms with Gasteiger partial charge in [0.25, 0.3) is 0 Å². The Balaban J connectivity index is 1.06. The lowest BCUT2D eigenvalue weighted by Gasteiger charge is -2.05. The molecule has 9 aromatic rings. The van der Waals surface area contributed by atoms with Crippen LogP contribution in [0.15, 0.2) is 167 Å². The average molecular weight is 563 g/mol. The number of fused-ring (bicyclic) bond motifs is 6. The Labute approximate surface area is 254 Å². The first-order valence-corrected chi connectivity index (χ1v) is 14.9. The van der Waals surface area contributed by atoms with Gasteiger partial charge in [0.15, 0.2) is 0 Å². The summed E-state index contributed by atoms with van der Waals surface area (Å²) in [5, 5.41) is 4.31. The van der Waals surface area contributed by atoms with Gasteiger partial charge in [-0.15, -0.1) is 0 Å². The molecule has 0 atom stereocenters. The molecule has 2 heterocycles. The van der Waals surface area contributed by atoms with E-state index in [1.807, 2.05) is 12.1 Å². The van der Waals surface area contributed by atoms with Crippen molar-refractivity contribution in [3.63, 3.8) is 0 Å². The third-order valence-corrected chi connectivity index (χ3v) is 8.72. The first-order chi connectivity index (χ1) is 21.8. The number of rotatable bonds is 4. The van der Waals surface area contributed by atoms with Crippen molar-refractivity contribution in [2.75, 3.05) is 0 Å². The van der Waals surface area contributed by atoms with Crippen LogP contribution in [0.2, 0.25) is 0 Å². The molecule has 0 saturated carbocycles. The summed E-state index contributed by atoms with van der Waals surface area (Å²) in [6, 6.07) is 55.5. The topological polar surface area (TPSA) is 26.3 Å². The Bertz CT molecular complexity index is 2270. The van der Waals surface area contributed by atoms with Crippen LogP contribution in [0.3, 0.4) is 0 Å². The van der Waals surface area contributed by atoms with Crippen LogP contribution in [-0.4, -0.2) is 0 Å². The molecule has 0 unspecified atom stereocenters. The molecule has 2 heteroatoms. The summed E-state index contributed by atoms with van der Waals surface area (Å²) in [6.07, 6.45) is 0. The highest BCUT2D eigenvalue weighted by Gasteiger charge is 2.15. The third kappa shape index (κ3) is 4.11. The largest absolute Gasteiger partial charge is 0.456 e. The van der Waals surface area contributed by atoms with E-state index in [0.717, 1.165) is 66.1 Å². The van der Waals surface area contributed by atoms with Gasteiger partial charge in [-0.25, -0.2) is 0 Å². The van der Waals surface area contributed by atoms with Crippen LogP contribution in [0.5, 0.6) is 0 Å². The molecule has 206 valence electrons. The molecule has 0 aliphatic rings. The van der Waals surface area contributed by atoms with Gasteiger partial charge >= 0.3 is 0 Å². The van der Waals surface area contributed by atoms with Gasteiger partial charge in [-0.2, -0.15) is 0 Å². The fourth-order valence-corrected chi connectivity index (χ4v) is 6.38. The standard InChI is InChI=1S/C42H26O2/c1-3-7-27(8-4-1)29-11-15-31(16-12-29)33-19-21-35-37-25-42-38(26-41(37)43-39(35)23-33)36-22-20-34(24-40(36)44-42)32-17-13-30(14-18-32)28-9-5-2-6-10-28/h1-26H. The predicted molar refractivity (Wildman–Crippen MR) is 183 cm³/mol. The molecule has 0 aliphatic carbocycles. The Hall–Kier alpha value is -5.86. The van der Waals surface area contributed by atoms with E-state index in [2.05, 4.69) is 146 Å². The number of furan rings is 2. The molecule has 2 aromatic heterocycles. The van der Waals surface area contributed by atoms with Gasteiger partial charge in [-0.1, -0.05) is 121 Å². The fourth-order valence-electron chi connectivity index (χ4n) is 6.38. The zero-order chi connectivity index (χ0) is 29.0. The summed E-state index contributed by atoms with van der Waals surface area (Å²) in [7, 11) is 0. The van der Waals surface area contributed by atoms with Gasteiger partial charge < -0.3 is 8.83 Å². The Kier molecular flexibility index (Phi) is 5.54. The Morgan fingerprint density at radius 1 is 0.227 bits per heavy atom. The van der Waals surface area contributed by atoms with Crippen LogP contribution in [0.1, 0.15) is 0 Å². The zero-order valence-electron chi connectivity index (χ0n) is 23.8. The maximum Gasteiger partial charge on any atom is 0.136 e. The van der Waals surface area contributed by atoms with E-state index in [1.54, 1.807) is 0 Å². The quantitative estimate of drug-likeness (QED) is 0.213. The minimum atomic E-state index is 0.868. The molecule has 44 heavy (non-hydrogen) atoms. The lowest BCUT2D eigenvalue weighted by atomic mass is 9.99. The molecule has 0 aliphatic heterocycles. The van der Waals surface area contributed by atoms with Crippen LogP contribution in [-0.2, 0) is 0 Å². The lowest BCUT2D eigenvalue weighted by molar-refractivity contribution is 0.664. The van der Waals surface area contributed by atoms with E-state index in [-0.39, 0.29) is 0 Å². The van der Waals surface area contributed by atoms with Crippen molar-refractivity contribution in [2.24, 2.45) is 0 Å². The molecular formula is C42H26O2. The van der Waals surface area contributed by atoms with E-state index in [9.17, 15) is 0 Å². The second-order valence-electron chi connectivity index (χ2n) is 11.4. The molecule has 0 N–H and O–H groups in total. The molecular weight excluding hydrogens is 536 g/mol. The van der Waals surface area contributed by atoms with Crippen molar-refractivity contribution in [3.05, 3.63) is 158 Å². The smallest absolute Gasteiger partial charge is 0.136 e. The first-order valence-electron chi connectivity index (χ1n) is 14.9. The lowest BCUT2D eigenvalue weighted by Crippen LogP contribution is -1.80. The fraction of sp³-hybridized carbons (Fsp3) is 0. The van der Waals surface area contributed by atoms with Gasteiger partial charge in [0.05, 0.1) is 0 Å². The third-order valence-electron chi connectivity index (χ3n) is 8.72. The highest BCUT2D eigenvalue weighted by Crippen LogP contribution is 2.39. The molecule has 0 fully saturated rings. The second kappa shape index (κ2) is 9.86. The summed E-state index contributed by atoms with van der Waals surface area (Å²) in [5.41, 5.74) is 12.9. The number of hydrogen-bond donors (Lipinski definition) is 0. The van der Waals surface area contributed by atoms with Crippen LogP contribution < -0.4 is 0 Å². The van der Waals surface area contributed by atoms with E-state index < -0.39 is 0 Å². The summed E-state index contributed by atoms with van der Waals surface area (Å²) < 4.78 is 12.9. The van der Waals surface area contributed by atoms with Crippen molar-refractivity contribution in [2.45, 2.75) is 0 Å². The highest BCUT2D eigenvalue weighted by molar-refractivity contribution is 6.15. The predicted octanol–water partition coefficient (Wildman–Crippen LogP) is 12.2. The van der Waals surface area contributed by atoms with E-state index in [0.29, 0.717) is 0 Å². The van der Waals surface area contributed by atoms with Crippen molar-refractivity contribution < 1.29 is 8.83 Å². The monoisotopic (exact) mass is 562 g/mol. The first kappa shape index (κ1) is 24.7. The summed E-state index contributed by atoms with van der Waals surface area (Å²) in [5.74, 6) is 0. The normalized spacial score (nSPS) is 11.6.